The Morgan fingerprint density at radius 2 is 1.72 bits per heavy atom. The SMILES string of the molecule is CCOc1ccc2ccccc2c1CNCCc1ccc(Cl)cc1.Cl. The second-order valence-electron chi connectivity index (χ2n) is 5.75. The van der Waals surface area contributed by atoms with Gasteiger partial charge in [0.25, 0.3) is 0 Å². The van der Waals surface area contributed by atoms with E-state index in [1.807, 2.05) is 19.1 Å². The normalized spacial score (nSPS) is 10.5. The number of ether oxygens (including phenoxy) is 1. The molecular formula is C21H23Cl2NO. The Hall–Kier alpha value is -1.74. The number of hydrogen-bond donors (Lipinski definition) is 1. The van der Waals surface area contributed by atoms with Gasteiger partial charge in [-0.3, -0.25) is 0 Å². The molecule has 132 valence electrons. The van der Waals surface area contributed by atoms with Gasteiger partial charge in [0, 0.05) is 17.1 Å². The highest BCUT2D eigenvalue weighted by molar-refractivity contribution is 6.30. The van der Waals surface area contributed by atoms with Gasteiger partial charge in [-0.2, -0.15) is 0 Å². The Morgan fingerprint density at radius 1 is 0.960 bits per heavy atom. The second-order valence-corrected chi connectivity index (χ2v) is 6.19. The molecule has 0 amide bonds. The van der Waals surface area contributed by atoms with Crippen molar-refractivity contribution >= 4 is 34.8 Å². The molecule has 0 fully saturated rings. The number of hydrogen-bond acceptors (Lipinski definition) is 2. The zero-order valence-corrected chi connectivity index (χ0v) is 15.9. The van der Waals surface area contributed by atoms with Gasteiger partial charge in [0.1, 0.15) is 5.75 Å². The van der Waals surface area contributed by atoms with Crippen LogP contribution < -0.4 is 10.1 Å². The standard InChI is InChI=1S/C21H22ClNO.ClH/c1-2-24-21-12-9-17-5-3-4-6-19(17)20(21)15-23-14-13-16-7-10-18(22)11-8-16;/h3-12,23H,2,13-15H2,1H3;1H. The van der Waals surface area contributed by atoms with E-state index in [0.717, 1.165) is 30.3 Å². The lowest BCUT2D eigenvalue weighted by Crippen LogP contribution is -2.17. The number of benzene rings is 3. The van der Waals surface area contributed by atoms with Crippen molar-refractivity contribution < 1.29 is 4.74 Å². The molecule has 4 heteroatoms. The first-order valence-electron chi connectivity index (χ1n) is 8.36. The lowest BCUT2D eigenvalue weighted by Gasteiger charge is -2.14. The Morgan fingerprint density at radius 3 is 2.48 bits per heavy atom. The molecule has 3 rings (SSSR count). The number of fused-ring (bicyclic) bond motifs is 1. The van der Waals surface area contributed by atoms with Crippen molar-refractivity contribution in [3.05, 3.63) is 76.8 Å². The molecule has 1 N–H and O–H groups in total. The monoisotopic (exact) mass is 375 g/mol. The summed E-state index contributed by atoms with van der Waals surface area (Å²) in [7, 11) is 0. The summed E-state index contributed by atoms with van der Waals surface area (Å²) in [4.78, 5) is 0. The maximum Gasteiger partial charge on any atom is 0.124 e. The Labute approximate surface area is 160 Å². The van der Waals surface area contributed by atoms with E-state index in [-0.39, 0.29) is 12.4 Å². The van der Waals surface area contributed by atoms with Crippen LogP contribution in [-0.2, 0) is 13.0 Å². The molecule has 3 aromatic rings. The third-order valence-corrected chi connectivity index (χ3v) is 4.35. The van der Waals surface area contributed by atoms with Crippen molar-refractivity contribution in [2.45, 2.75) is 19.9 Å². The molecule has 0 saturated heterocycles. The molecule has 3 aromatic carbocycles. The van der Waals surface area contributed by atoms with Gasteiger partial charge in [-0.15, -0.1) is 12.4 Å². The average molecular weight is 376 g/mol. The van der Waals surface area contributed by atoms with Gasteiger partial charge in [0.2, 0.25) is 0 Å². The smallest absolute Gasteiger partial charge is 0.124 e. The Balaban J connectivity index is 0.00000225. The van der Waals surface area contributed by atoms with Gasteiger partial charge >= 0.3 is 0 Å². The van der Waals surface area contributed by atoms with Crippen LogP contribution in [0.1, 0.15) is 18.1 Å². The topological polar surface area (TPSA) is 21.3 Å². The lowest BCUT2D eigenvalue weighted by atomic mass is 10.0. The van der Waals surface area contributed by atoms with Crippen LogP contribution >= 0.6 is 24.0 Å². The average Bonchev–Trinajstić information content (AvgIpc) is 2.61. The highest BCUT2D eigenvalue weighted by Crippen LogP contribution is 2.28. The van der Waals surface area contributed by atoms with Gasteiger partial charge in [-0.1, -0.05) is 54.1 Å². The van der Waals surface area contributed by atoms with Crippen LogP contribution in [0, 0.1) is 0 Å². The highest BCUT2D eigenvalue weighted by Gasteiger charge is 2.08. The van der Waals surface area contributed by atoms with E-state index < -0.39 is 0 Å². The molecule has 0 unspecified atom stereocenters. The minimum atomic E-state index is 0. The summed E-state index contributed by atoms with van der Waals surface area (Å²) in [6.45, 7) is 4.41. The first-order chi connectivity index (χ1) is 11.8. The molecule has 2 nitrogen and oxygen atoms in total. The molecular weight excluding hydrogens is 353 g/mol. The molecule has 0 saturated carbocycles. The van der Waals surface area contributed by atoms with Crippen LogP contribution in [0.3, 0.4) is 0 Å². The van der Waals surface area contributed by atoms with Crippen LogP contribution in [0.4, 0.5) is 0 Å². The van der Waals surface area contributed by atoms with E-state index in [2.05, 4.69) is 53.8 Å². The van der Waals surface area contributed by atoms with Crippen LogP contribution in [0.2, 0.25) is 5.02 Å². The van der Waals surface area contributed by atoms with Gasteiger partial charge in [0.15, 0.2) is 0 Å². The number of nitrogens with one attached hydrogen (secondary N) is 1. The van der Waals surface area contributed by atoms with Crippen molar-refractivity contribution in [1.29, 1.82) is 0 Å². The zero-order chi connectivity index (χ0) is 16.8. The molecule has 0 radical (unpaired) electrons. The fraction of sp³-hybridized carbons (Fsp3) is 0.238. The third-order valence-electron chi connectivity index (χ3n) is 4.10. The summed E-state index contributed by atoms with van der Waals surface area (Å²) < 4.78 is 5.82. The number of halogens is 2. The van der Waals surface area contributed by atoms with Crippen molar-refractivity contribution in [2.24, 2.45) is 0 Å². The second kappa shape index (κ2) is 9.67. The van der Waals surface area contributed by atoms with Crippen molar-refractivity contribution in [1.82, 2.24) is 5.32 Å². The van der Waals surface area contributed by atoms with Gasteiger partial charge in [0.05, 0.1) is 6.61 Å². The van der Waals surface area contributed by atoms with Crippen LogP contribution in [0.15, 0.2) is 60.7 Å². The van der Waals surface area contributed by atoms with Crippen molar-refractivity contribution in [3.63, 3.8) is 0 Å². The predicted octanol–water partition coefficient (Wildman–Crippen LogP) is 5.65. The Bertz CT molecular complexity index is 803. The summed E-state index contributed by atoms with van der Waals surface area (Å²) in [6.07, 6.45) is 0.978. The summed E-state index contributed by atoms with van der Waals surface area (Å²) in [5, 5.41) is 6.82. The highest BCUT2D eigenvalue weighted by atomic mass is 35.5. The van der Waals surface area contributed by atoms with Gasteiger partial charge in [-0.25, -0.2) is 0 Å². The summed E-state index contributed by atoms with van der Waals surface area (Å²) >= 11 is 5.93. The fourth-order valence-electron chi connectivity index (χ4n) is 2.89. The van der Waals surface area contributed by atoms with E-state index >= 15 is 0 Å². The molecule has 0 atom stereocenters. The first kappa shape index (κ1) is 19.6. The largest absolute Gasteiger partial charge is 0.494 e. The zero-order valence-electron chi connectivity index (χ0n) is 14.3. The van der Waals surface area contributed by atoms with Crippen molar-refractivity contribution in [2.75, 3.05) is 13.2 Å². The minimum Gasteiger partial charge on any atom is -0.494 e. The fourth-order valence-corrected chi connectivity index (χ4v) is 3.01. The summed E-state index contributed by atoms with van der Waals surface area (Å²) in [5.74, 6) is 0.968. The third kappa shape index (κ3) is 5.12. The van der Waals surface area contributed by atoms with Crippen LogP contribution in [-0.4, -0.2) is 13.2 Å². The molecule has 0 aliphatic heterocycles. The maximum absolute atomic E-state index is 5.93. The lowest BCUT2D eigenvalue weighted by molar-refractivity contribution is 0.336. The van der Waals surface area contributed by atoms with Gasteiger partial charge in [-0.05, 0) is 54.4 Å². The predicted molar refractivity (Wildman–Crippen MR) is 109 cm³/mol. The van der Waals surface area contributed by atoms with E-state index in [4.69, 9.17) is 16.3 Å². The molecule has 25 heavy (non-hydrogen) atoms. The Kier molecular flexibility index (Phi) is 7.57. The van der Waals surface area contributed by atoms with E-state index in [0.29, 0.717) is 6.61 Å². The molecule has 0 heterocycles. The molecule has 0 bridgehead atoms. The first-order valence-corrected chi connectivity index (χ1v) is 8.74. The molecule has 0 aliphatic carbocycles. The molecule has 0 spiro atoms. The minimum absolute atomic E-state index is 0. The quantitative estimate of drug-likeness (QED) is 0.539. The van der Waals surface area contributed by atoms with Gasteiger partial charge < -0.3 is 10.1 Å². The van der Waals surface area contributed by atoms with E-state index in [9.17, 15) is 0 Å². The number of rotatable bonds is 7. The summed E-state index contributed by atoms with van der Waals surface area (Å²) in [5.41, 5.74) is 2.51. The van der Waals surface area contributed by atoms with Crippen LogP contribution in [0.5, 0.6) is 5.75 Å². The maximum atomic E-state index is 5.93. The molecule has 0 aromatic heterocycles. The van der Waals surface area contributed by atoms with Crippen LogP contribution in [0.25, 0.3) is 10.8 Å². The van der Waals surface area contributed by atoms with E-state index in [1.54, 1.807) is 0 Å². The molecule has 0 aliphatic rings. The van der Waals surface area contributed by atoms with E-state index in [1.165, 1.54) is 21.9 Å². The summed E-state index contributed by atoms with van der Waals surface area (Å²) in [6, 6.07) is 20.7. The van der Waals surface area contributed by atoms with Crippen molar-refractivity contribution in [3.8, 4) is 5.75 Å².